The molecule has 2 heterocycles. The van der Waals surface area contributed by atoms with E-state index in [1.165, 1.54) is 0 Å². The van der Waals surface area contributed by atoms with E-state index in [0.717, 1.165) is 0 Å². The van der Waals surface area contributed by atoms with E-state index in [1.807, 2.05) is 0 Å². The first kappa shape index (κ1) is 20.6. The Kier molecular flexibility index (Phi) is 8.00. The highest BCUT2D eigenvalue weighted by atomic mass is 16.6. The van der Waals surface area contributed by atoms with E-state index in [1.54, 1.807) is 42.0 Å². The average Bonchev–Trinajstić information content (AvgIpc) is 2.71. The molecule has 2 rings (SSSR count). The van der Waals surface area contributed by atoms with E-state index < -0.39 is 0 Å². The Morgan fingerprint density at radius 2 is 1.78 bits per heavy atom. The summed E-state index contributed by atoms with van der Waals surface area (Å²) in [4.78, 5) is 43.9. The number of amides is 3. The Bertz CT molecular complexity index is 659. The van der Waals surface area contributed by atoms with Crippen molar-refractivity contribution in [2.45, 2.75) is 13.3 Å². The van der Waals surface area contributed by atoms with Crippen LogP contribution in [0.2, 0.25) is 0 Å². The van der Waals surface area contributed by atoms with Crippen LogP contribution in [0.4, 0.5) is 4.79 Å². The third-order valence-electron chi connectivity index (χ3n) is 4.10. The number of pyridine rings is 1. The van der Waals surface area contributed by atoms with Gasteiger partial charge in [-0.1, -0.05) is 6.07 Å². The first-order valence-corrected chi connectivity index (χ1v) is 9.02. The van der Waals surface area contributed by atoms with E-state index in [4.69, 9.17) is 9.47 Å². The standard InChI is InChI=1S/C18H26N4O5/c1-3-27-18(25)22-11-9-21(10-12-22)17(24)15-7-4-6-14(20-15)16(23)19-8-5-13-26-2/h4,6-7H,3,5,8-13H2,1-2H3,(H,19,23). The number of hydrogen-bond donors (Lipinski definition) is 1. The van der Waals surface area contributed by atoms with E-state index in [0.29, 0.717) is 52.4 Å². The molecule has 9 heteroatoms. The molecule has 0 aliphatic carbocycles. The monoisotopic (exact) mass is 378 g/mol. The number of nitrogens with one attached hydrogen (secondary N) is 1. The summed E-state index contributed by atoms with van der Waals surface area (Å²) in [7, 11) is 1.60. The van der Waals surface area contributed by atoms with E-state index in [-0.39, 0.29) is 29.3 Å². The molecule has 0 aromatic carbocycles. The number of carbonyl (C=O) groups excluding carboxylic acids is 3. The van der Waals surface area contributed by atoms with Crippen molar-refractivity contribution in [3.8, 4) is 0 Å². The van der Waals surface area contributed by atoms with E-state index in [9.17, 15) is 14.4 Å². The minimum atomic E-state index is -0.366. The van der Waals surface area contributed by atoms with Crippen LogP contribution in [0.25, 0.3) is 0 Å². The van der Waals surface area contributed by atoms with Crippen LogP contribution in [0.15, 0.2) is 18.2 Å². The molecule has 0 atom stereocenters. The van der Waals surface area contributed by atoms with Crippen molar-refractivity contribution in [3.63, 3.8) is 0 Å². The molecular weight excluding hydrogens is 352 g/mol. The molecule has 0 spiro atoms. The molecule has 1 N–H and O–H groups in total. The molecule has 27 heavy (non-hydrogen) atoms. The third kappa shape index (κ3) is 5.92. The average molecular weight is 378 g/mol. The highest BCUT2D eigenvalue weighted by molar-refractivity contribution is 5.96. The first-order valence-electron chi connectivity index (χ1n) is 9.02. The lowest BCUT2D eigenvalue weighted by Crippen LogP contribution is -2.50. The minimum Gasteiger partial charge on any atom is -0.450 e. The Morgan fingerprint density at radius 3 is 2.44 bits per heavy atom. The Labute approximate surface area is 158 Å². The topological polar surface area (TPSA) is 101 Å². The van der Waals surface area contributed by atoms with Gasteiger partial charge in [-0.2, -0.15) is 0 Å². The molecule has 1 aromatic heterocycles. The van der Waals surface area contributed by atoms with Crippen molar-refractivity contribution in [2.24, 2.45) is 0 Å². The molecular formula is C18H26N4O5. The predicted molar refractivity (Wildman–Crippen MR) is 97.6 cm³/mol. The van der Waals surface area contributed by atoms with Crippen LogP contribution >= 0.6 is 0 Å². The van der Waals surface area contributed by atoms with Gasteiger partial charge >= 0.3 is 6.09 Å². The Morgan fingerprint density at radius 1 is 1.11 bits per heavy atom. The van der Waals surface area contributed by atoms with Gasteiger partial charge in [-0.15, -0.1) is 0 Å². The second kappa shape index (κ2) is 10.5. The smallest absolute Gasteiger partial charge is 0.409 e. The van der Waals surface area contributed by atoms with Crippen LogP contribution < -0.4 is 5.32 Å². The maximum absolute atomic E-state index is 12.7. The summed E-state index contributed by atoms with van der Waals surface area (Å²) in [6.45, 7) is 4.71. The Hall–Kier alpha value is -2.68. The molecule has 0 unspecified atom stereocenters. The largest absolute Gasteiger partial charge is 0.450 e. The van der Waals surface area contributed by atoms with Gasteiger partial charge in [0.25, 0.3) is 11.8 Å². The number of hydrogen-bond acceptors (Lipinski definition) is 6. The molecule has 1 saturated heterocycles. The third-order valence-corrected chi connectivity index (χ3v) is 4.10. The highest BCUT2D eigenvalue weighted by Crippen LogP contribution is 2.09. The second-order valence-electron chi connectivity index (χ2n) is 5.99. The molecule has 9 nitrogen and oxygen atoms in total. The van der Waals surface area contributed by atoms with Crippen molar-refractivity contribution >= 4 is 17.9 Å². The molecule has 1 fully saturated rings. The van der Waals surface area contributed by atoms with Crippen LogP contribution in [-0.4, -0.2) is 85.7 Å². The maximum Gasteiger partial charge on any atom is 0.409 e. The van der Waals surface area contributed by atoms with Gasteiger partial charge in [0.15, 0.2) is 0 Å². The zero-order valence-electron chi connectivity index (χ0n) is 15.8. The summed E-state index contributed by atoms with van der Waals surface area (Å²) in [5, 5.41) is 2.75. The summed E-state index contributed by atoms with van der Waals surface area (Å²) in [5.74, 6) is -0.583. The maximum atomic E-state index is 12.7. The lowest BCUT2D eigenvalue weighted by atomic mass is 10.2. The molecule has 148 valence electrons. The van der Waals surface area contributed by atoms with Crippen LogP contribution in [0.1, 0.15) is 34.3 Å². The highest BCUT2D eigenvalue weighted by Gasteiger charge is 2.26. The molecule has 1 aliphatic heterocycles. The van der Waals surface area contributed by atoms with Gasteiger partial charge in [-0.05, 0) is 25.5 Å². The van der Waals surface area contributed by atoms with Gasteiger partial charge in [0.2, 0.25) is 0 Å². The lowest BCUT2D eigenvalue weighted by Gasteiger charge is -2.33. The molecule has 0 saturated carbocycles. The van der Waals surface area contributed by atoms with Crippen molar-refractivity contribution in [1.29, 1.82) is 0 Å². The van der Waals surface area contributed by atoms with E-state index in [2.05, 4.69) is 10.3 Å². The Balaban J connectivity index is 1.91. The minimum absolute atomic E-state index is 0.198. The summed E-state index contributed by atoms with van der Waals surface area (Å²) >= 11 is 0. The fraction of sp³-hybridized carbons (Fsp3) is 0.556. The quantitative estimate of drug-likeness (QED) is 0.703. The van der Waals surface area contributed by atoms with Crippen LogP contribution in [0.3, 0.4) is 0 Å². The molecule has 0 radical (unpaired) electrons. The zero-order valence-corrected chi connectivity index (χ0v) is 15.8. The zero-order chi connectivity index (χ0) is 19.6. The summed E-state index contributed by atoms with van der Waals surface area (Å²) in [5.41, 5.74) is 0.410. The fourth-order valence-electron chi connectivity index (χ4n) is 2.66. The van der Waals surface area contributed by atoms with Gasteiger partial charge < -0.3 is 24.6 Å². The molecule has 1 aromatic rings. The number of ether oxygens (including phenoxy) is 2. The van der Waals surface area contributed by atoms with Crippen LogP contribution in [0.5, 0.6) is 0 Å². The first-order chi connectivity index (χ1) is 13.1. The van der Waals surface area contributed by atoms with Gasteiger partial charge in [0, 0.05) is 46.4 Å². The number of nitrogens with zero attached hydrogens (tertiary/aromatic N) is 3. The van der Waals surface area contributed by atoms with Crippen molar-refractivity contribution in [3.05, 3.63) is 29.6 Å². The number of rotatable bonds is 7. The number of aromatic nitrogens is 1. The predicted octanol–water partition coefficient (Wildman–Crippen LogP) is 0.762. The van der Waals surface area contributed by atoms with Crippen LogP contribution in [-0.2, 0) is 9.47 Å². The fourth-order valence-corrected chi connectivity index (χ4v) is 2.66. The number of methoxy groups -OCH3 is 1. The number of piperazine rings is 1. The molecule has 0 bridgehead atoms. The van der Waals surface area contributed by atoms with Crippen molar-refractivity contribution in [1.82, 2.24) is 20.1 Å². The summed E-state index contributed by atoms with van der Waals surface area (Å²) in [6.07, 6.45) is 0.334. The molecule has 3 amide bonds. The van der Waals surface area contributed by atoms with Gasteiger partial charge in [0.1, 0.15) is 11.4 Å². The number of carbonyl (C=O) groups is 3. The summed E-state index contributed by atoms with van der Waals surface area (Å²) in [6, 6.07) is 4.79. The van der Waals surface area contributed by atoms with E-state index >= 15 is 0 Å². The van der Waals surface area contributed by atoms with Gasteiger partial charge in [-0.3, -0.25) is 9.59 Å². The normalized spacial score (nSPS) is 14.0. The SMILES string of the molecule is CCOC(=O)N1CCN(C(=O)c2cccc(C(=O)NCCCOC)n2)CC1. The van der Waals surface area contributed by atoms with Crippen LogP contribution in [0, 0.1) is 0 Å². The summed E-state index contributed by atoms with van der Waals surface area (Å²) < 4.78 is 9.90. The second-order valence-corrected chi connectivity index (χ2v) is 5.99. The molecule has 1 aliphatic rings. The van der Waals surface area contributed by atoms with Crippen molar-refractivity contribution in [2.75, 3.05) is 53.0 Å². The lowest BCUT2D eigenvalue weighted by molar-refractivity contribution is 0.0565. The van der Waals surface area contributed by atoms with Crippen molar-refractivity contribution < 1.29 is 23.9 Å². The van der Waals surface area contributed by atoms with Gasteiger partial charge in [0.05, 0.1) is 6.61 Å². The van der Waals surface area contributed by atoms with Gasteiger partial charge in [-0.25, -0.2) is 9.78 Å².